The number of halogens is 2. The van der Waals surface area contributed by atoms with Gasteiger partial charge in [-0.05, 0) is 54.7 Å². The molecule has 1 N–H and O–H groups in total. The van der Waals surface area contributed by atoms with E-state index in [1.165, 1.54) is 12.1 Å². The Kier molecular flexibility index (Phi) is 3.64. The Morgan fingerprint density at radius 2 is 2.00 bits per heavy atom. The summed E-state index contributed by atoms with van der Waals surface area (Å²) in [6.45, 7) is 2.22. The first-order valence-electron chi connectivity index (χ1n) is 6.96. The van der Waals surface area contributed by atoms with Gasteiger partial charge in [-0.2, -0.15) is 0 Å². The lowest BCUT2D eigenvalue weighted by molar-refractivity contribution is 0.208. The standard InChI is InChI=1S/C17H16F2O2/c1-10-4-6-13(18)15(16(10)19)17(20)12-5-7-14-11(9-12)3-2-8-21-14/h4-7,9,17,20H,2-3,8H2,1H3. The van der Waals surface area contributed by atoms with E-state index in [0.29, 0.717) is 17.7 Å². The summed E-state index contributed by atoms with van der Waals surface area (Å²) in [7, 11) is 0. The number of hydrogen-bond donors (Lipinski definition) is 1. The lowest BCUT2D eigenvalue weighted by Crippen LogP contribution is -2.11. The molecule has 0 bridgehead atoms. The zero-order valence-electron chi connectivity index (χ0n) is 11.7. The number of aliphatic hydroxyl groups is 1. The Morgan fingerprint density at radius 1 is 1.19 bits per heavy atom. The molecule has 0 saturated carbocycles. The van der Waals surface area contributed by atoms with Gasteiger partial charge in [-0.15, -0.1) is 0 Å². The molecule has 0 amide bonds. The Bertz CT molecular complexity index is 683. The minimum Gasteiger partial charge on any atom is -0.493 e. The molecule has 0 aliphatic carbocycles. The highest BCUT2D eigenvalue weighted by Crippen LogP contribution is 2.32. The second-order valence-corrected chi connectivity index (χ2v) is 5.31. The van der Waals surface area contributed by atoms with Gasteiger partial charge in [-0.1, -0.05) is 12.1 Å². The average Bonchev–Trinajstić information content (AvgIpc) is 2.51. The summed E-state index contributed by atoms with van der Waals surface area (Å²) >= 11 is 0. The fourth-order valence-corrected chi connectivity index (χ4v) is 2.65. The first kappa shape index (κ1) is 14.0. The van der Waals surface area contributed by atoms with Crippen LogP contribution in [0.1, 0.15) is 34.8 Å². The largest absolute Gasteiger partial charge is 0.493 e. The van der Waals surface area contributed by atoms with E-state index in [1.807, 2.05) is 0 Å². The van der Waals surface area contributed by atoms with Gasteiger partial charge in [0.2, 0.25) is 0 Å². The lowest BCUT2D eigenvalue weighted by Gasteiger charge is -2.20. The molecule has 1 heterocycles. The highest BCUT2D eigenvalue weighted by molar-refractivity contribution is 5.42. The van der Waals surface area contributed by atoms with Crippen LogP contribution in [-0.2, 0) is 6.42 Å². The number of rotatable bonds is 2. The van der Waals surface area contributed by atoms with Gasteiger partial charge in [0.25, 0.3) is 0 Å². The fraction of sp³-hybridized carbons (Fsp3) is 0.294. The molecule has 1 atom stereocenters. The topological polar surface area (TPSA) is 29.5 Å². The van der Waals surface area contributed by atoms with Crippen LogP contribution in [0.25, 0.3) is 0 Å². The quantitative estimate of drug-likeness (QED) is 0.914. The summed E-state index contributed by atoms with van der Waals surface area (Å²) in [5.74, 6) is -0.654. The Hall–Kier alpha value is -1.94. The summed E-state index contributed by atoms with van der Waals surface area (Å²) in [5, 5.41) is 10.4. The molecule has 1 aliphatic rings. The average molecular weight is 290 g/mol. The van der Waals surface area contributed by atoms with E-state index < -0.39 is 17.7 Å². The highest BCUT2D eigenvalue weighted by atomic mass is 19.1. The zero-order chi connectivity index (χ0) is 15.0. The third-order valence-corrected chi connectivity index (χ3v) is 3.84. The van der Waals surface area contributed by atoms with E-state index in [4.69, 9.17) is 4.74 Å². The van der Waals surface area contributed by atoms with E-state index in [0.717, 1.165) is 24.2 Å². The molecule has 2 nitrogen and oxygen atoms in total. The third kappa shape index (κ3) is 2.51. The van der Waals surface area contributed by atoms with Gasteiger partial charge >= 0.3 is 0 Å². The number of benzene rings is 2. The van der Waals surface area contributed by atoms with Crippen LogP contribution in [0.15, 0.2) is 30.3 Å². The van der Waals surface area contributed by atoms with Gasteiger partial charge in [0.05, 0.1) is 12.2 Å². The number of fused-ring (bicyclic) bond motifs is 1. The summed E-state index contributed by atoms with van der Waals surface area (Å²) < 4.78 is 33.5. The molecule has 0 radical (unpaired) electrons. The molecule has 2 aromatic rings. The van der Waals surface area contributed by atoms with Crippen LogP contribution in [0.3, 0.4) is 0 Å². The number of aryl methyl sites for hydroxylation is 2. The van der Waals surface area contributed by atoms with Crippen molar-refractivity contribution in [2.45, 2.75) is 25.9 Å². The van der Waals surface area contributed by atoms with E-state index in [1.54, 1.807) is 25.1 Å². The van der Waals surface area contributed by atoms with Crippen LogP contribution in [0.2, 0.25) is 0 Å². The Morgan fingerprint density at radius 3 is 2.81 bits per heavy atom. The minimum atomic E-state index is -1.32. The van der Waals surface area contributed by atoms with Gasteiger partial charge in [-0.25, -0.2) is 8.78 Å². The summed E-state index contributed by atoms with van der Waals surface area (Å²) in [4.78, 5) is 0. The van der Waals surface area contributed by atoms with Gasteiger partial charge < -0.3 is 9.84 Å². The van der Waals surface area contributed by atoms with Crippen molar-refractivity contribution in [2.75, 3.05) is 6.61 Å². The smallest absolute Gasteiger partial charge is 0.135 e. The van der Waals surface area contributed by atoms with Gasteiger partial charge in [-0.3, -0.25) is 0 Å². The number of ether oxygens (including phenoxy) is 1. The summed E-state index contributed by atoms with van der Waals surface area (Å²) in [5.41, 5.74) is 1.45. The van der Waals surface area contributed by atoms with E-state index in [2.05, 4.69) is 0 Å². The monoisotopic (exact) mass is 290 g/mol. The van der Waals surface area contributed by atoms with Crippen LogP contribution in [0.5, 0.6) is 5.75 Å². The van der Waals surface area contributed by atoms with Crippen molar-refractivity contribution < 1.29 is 18.6 Å². The predicted octanol–water partition coefficient (Wildman–Crippen LogP) is 3.68. The molecule has 4 heteroatoms. The van der Waals surface area contributed by atoms with E-state index >= 15 is 0 Å². The Balaban J connectivity index is 2.03. The minimum absolute atomic E-state index is 0.299. The molecule has 1 unspecified atom stereocenters. The third-order valence-electron chi connectivity index (χ3n) is 3.84. The Labute approximate surface area is 122 Å². The van der Waals surface area contributed by atoms with Crippen molar-refractivity contribution in [1.82, 2.24) is 0 Å². The molecule has 0 aromatic heterocycles. The maximum absolute atomic E-state index is 14.1. The molecular weight excluding hydrogens is 274 g/mol. The van der Waals surface area contributed by atoms with Gasteiger partial charge in [0.1, 0.15) is 23.5 Å². The van der Waals surface area contributed by atoms with Crippen LogP contribution in [0, 0.1) is 18.6 Å². The molecule has 3 rings (SSSR count). The van der Waals surface area contributed by atoms with Crippen LogP contribution in [-0.4, -0.2) is 11.7 Å². The molecule has 0 saturated heterocycles. The van der Waals surface area contributed by atoms with Crippen molar-refractivity contribution in [3.8, 4) is 5.75 Å². The predicted molar refractivity (Wildman–Crippen MR) is 75.4 cm³/mol. The number of aliphatic hydroxyl groups excluding tert-OH is 1. The zero-order valence-corrected chi connectivity index (χ0v) is 11.7. The van der Waals surface area contributed by atoms with Gasteiger partial charge in [0, 0.05) is 0 Å². The maximum atomic E-state index is 14.1. The van der Waals surface area contributed by atoms with Crippen molar-refractivity contribution in [1.29, 1.82) is 0 Å². The van der Waals surface area contributed by atoms with Crippen molar-refractivity contribution in [3.63, 3.8) is 0 Å². The first-order valence-corrected chi connectivity index (χ1v) is 6.96. The molecule has 21 heavy (non-hydrogen) atoms. The van der Waals surface area contributed by atoms with Gasteiger partial charge in [0.15, 0.2) is 0 Å². The van der Waals surface area contributed by atoms with E-state index in [9.17, 15) is 13.9 Å². The molecule has 110 valence electrons. The molecule has 1 aliphatic heterocycles. The van der Waals surface area contributed by atoms with Crippen LogP contribution < -0.4 is 4.74 Å². The SMILES string of the molecule is Cc1ccc(F)c(C(O)c2ccc3c(c2)CCCO3)c1F. The maximum Gasteiger partial charge on any atom is 0.135 e. The fourth-order valence-electron chi connectivity index (χ4n) is 2.65. The highest BCUT2D eigenvalue weighted by Gasteiger charge is 2.22. The molecular formula is C17H16F2O2. The lowest BCUT2D eigenvalue weighted by atomic mass is 9.95. The van der Waals surface area contributed by atoms with Crippen molar-refractivity contribution in [3.05, 3.63) is 64.2 Å². The summed E-state index contributed by atoms with van der Waals surface area (Å²) in [6.07, 6.45) is 0.422. The van der Waals surface area contributed by atoms with Crippen LogP contribution in [0.4, 0.5) is 8.78 Å². The first-order chi connectivity index (χ1) is 10.1. The number of hydrogen-bond acceptors (Lipinski definition) is 2. The second-order valence-electron chi connectivity index (χ2n) is 5.31. The van der Waals surface area contributed by atoms with Crippen molar-refractivity contribution in [2.24, 2.45) is 0 Å². The normalized spacial score (nSPS) is 15.2. The second kappa shape index (κ2) is 5.45. The molecule has 0 fully saturated rings. The summed E-state index contributed by atoms with van der Waals surface area (Å²) in [6, 6.07) is 7.70. The molecule has 2 aromatic carbocycles. The van der Waals surface area contributed by atoms with Crippen molar-refractivity contribution >= 4 is 0 Å². The van der Waals surface area contributed by atoms with Crippen LogP contribution >= 0.6 is 0 Å². The van der Waals surface area contributed by atoms with E-state index in [-0.39, 0.29) is 5.56 Å². The molecule has 0 spiro atoms.